The summed E-state index contributed by atoms with van der Waals surface area (Å²) in [4.78, 5) is 0. The van der Waals surface area contributed by atoms with E-state index >= 15 is 0 Å². The van der Waals surface area contributed by atoms with Gasteiger partial charge in [0, 0.05) is 17.6 Å². The van der Waals surface area contributed by atoms with Crippen LogP contribution in [0.1, 0.15) is 29.6 Å². The maximum absolute atomic E-state index is 3.74. The molecule has 2 aliphatic rings. The van der Waals surface area contributed by atoms with E-state index in [1.54, 1.807) is 0 Å². The van der Waals surface area contributed by atoms with E-state index in [9.17, 15) is 0 Å². The van der Waals surface area contributed by atoms with Gasteiger partial charge in [-0.2, -0.15) is 0 Å². The van der Waals surface area contributed by atoms with E-state index < -0.39 is 0 Å². The molecule has 0 bridgehead atoms. The first-order chi connectivity index (χ1) is 9.43. The molecular formula is C17H18N2. The van der Waals surface area contributed by atoms with Gasteiger partial charge in [0.25, 0.3) is 0 Å². The summed E-state index contributed by atoms with van der Waals surface area (Å²) in [6, 6.07) is 20.5. The highest BCUT2D eigenvalue weighted by Crippen LogP contribution is 2.46. The summed E-state index contributed by atoms with van der Waals surface area (Å²) in [7, 11) is 0. The Kier molecular flexibility index (Phi) is 2.56. The fourth-order valence-corrected chi connectivity index (χ4v) is 3.59. The highest BCUT2D eigenvalue weighted by Gasteiger charge is 2.39. The highest BCUT2D eigenvalue weighted by molar-refractivity contribution is 5.57. The lowest BCUT2D eigenvalue weighted by Crippen LogP contribution is -2.32. The number of rotatable bonds is 1. The Morgan fingerprint density at radius 1 is 0.842 bits per heavy atom. The van der Waals surface area contributed by atoms with Crippen molar-refractivity contribution in [2.75, 3.05) is 11.9 Å². The first-order valence-electron chi connectivity index (χ1n) is 7.07. The average molecular weight is 250 g/mol. The van der Waals surface area contributed by atoms with Crippen molar-refractivity contribution in [2.24, 2.45) is 5.92 Å². The van der Waals surface area contributed by atoms with Gasteiger partial charge >= 0.3 is 0 Å². The van der Waals surface area contributed by atoms with Crippen molar-refractivity contribution >= 4 is 5.69 Å². The number of hydrogen-bond donors (Lipinski definition) is 2. The number of nitrogens with one attached hydrogen (secondary N) is 2. The van der Waals surface area contributed by atoms with Gasteiger partial charge in [0.1, 0.15) is 0 Å². The maximum Gasteiger partial charge on any atom is 0.0560 e. The molecule has 0 aromatic heterocycles. The van der Waals surface area contributed by atoms with Gasteiger partial charge in [-0.15, -0.1) is 0 Å². The van der Waals surface area contributed by atoms with Crippen LogP contribution in [0.25, 0.3) is 0 Å². The molecule has 0 unspecified atom stereocenters. The molecule has 2 aliphatic heterocycles. The van der Waals surface area contributed by atoms with Crippen molar-refractivity contribution in [3.05, 3.63) is 65.7 Å². The van der Waals surface area contributed by atoms with Crippen molar-refractivity contribution in [1.29, 1.82) is 0 Å². The van der Waals surface area contributed by atoms with Crippen LogP contribution in [-0.4, -0.2) is 6.54 Å². The number of benzene rings is 2. The summed E-state index contributed by atoms with van der Waals surface area (Å²) in [6.07, 6.45) is 1.24. The number of para-hydroxylation sites is 1. The van der Waals surface area contributed by atoms with Gasteiger partial charge < -0.3 is 10.6 Å². The van der Waals surface area contributed by atoms with Crippen LogP contribution in [0.5, 0.6) is 0 Å². The molecule has 2 nitrogen and oxygen atoms in total. The fraction of sp³-hybridized carbons (Fsp3) is 0.294. The zero-order valence-corrected chi connectivity index (χ0v) is 10.8. The van der Waals surface area contributed by atoms with E-state index in [1.165, 1.54) is 23.2 Å². The Morgan fingerprint density at radius 3 is 2.53 bits per heavy atom. The first kappa shape index (κ1) is 11.1. The minimum Gasteiger partial charge on any atom is -0.378 e. The largest absolute Gasteiger partial charge is 0.378 e. The van der Waals surface area contributed by atoms with Crippen molar-refractivity contribution in [3.8, 4) is 0 Å². The lowest BCUT2D eigenvalue weighted by Gasteiger charge is -2.37. The monoisotopic (exact) mass is 250 g/mol. The van der Waals surface area contributed by atoms with E-state index in [1.807, 2.05) is 0 Å². The summed E-state index contributed by atoms with van der Waals surface area (Å²) in [5, 5.41) is 7.42. The fourth-order valence-electron chi connectivity index (χ4n) is 3.59. The number of fused-ring (bicyclic) bond motifs is 3. The first-order valence-corrected chi connectivity index (χ1v) is 7.07. The Balaban J connectivity index is 1.79. The normalized spacial score (nSPS) is 28.3. The third-order valence-corrected chi connectivity index (χ3v) is 4.46. The Labute approximate surface area is 113 Å². The number of hydrogen-bond acceptors (Lipinski definition) is 2. The van der Waals surface area contributed by atoms with Crippen molar-refractivity contribution in [2.45, 2.75) is 18.5 Å². The molecule has 0 radical (unpaired) electrons. The second kappa shape index (κ2) is 4.39. The van der Waals surface area contributed by atoms with E-state index in [0.717, 1.165) is 6.54 Å². The smallest absolute Gasteiger partial charge is 0.0560 e. The molecule has 3 atom stereocenters. The lowest BCUT2D eigenvalue weighted by atomic mass is 9.80. The second-order valence-corrected chi connectivity index (χ2v) is 5.50. The van der Waals surface area contributed by atoms with Gasteiger partial charge in [0.05, 0.1) is 6.04 Å². The molecule has 2 heterocycles. The number of anilines is 1. The van der Waals surface area contributed by atoms with Crippen molar-refractivity contribution in [1.82, 2.24) is 5.32 Å². The summed E-state index contributed by atoms with van der Waals surface area (Å²) in [5.41, 5.74) is 4.11. The Morgan fingerprint density at radius 2 is 1.63 bits per heavy atom. The zero-order valence-electron chi connectivity index (χ0n) is 10.8. The van der Waals surface area contributed by atoms with Crippen LogP contribution in [0.2, 0.25) is 0 Å². The summed E-state index contributed by atoms with van der Waals surface area (Å²) in [6.45, 7) is 1.12. The SMILES string of the molecule is c1ccc([C@@H]2Nc3ccccc3[C@H]3NCC[C@@H]32)cc1. The Hall–Kier alpha value is -1.80. The minimum absolute atomic E-state index is 0.427. The van der Waals surface area contributed by atoms with Crippen LogP contribution < -0.4 is 10.6 Å². The third kappa shape index (κ3) is 1.75. The van der Waals surface area contributed by atoms with E-state index in [0.29, 0.717) is 18.0 Å². The summed E-state index contributed by atoms with van der Waals surface area (Å²) >= 11 is 0. The van der Waals surface area contributed by atoms with Gasteiger partial charge in [-0.3, -0.25) is 0 Å². The molecule has 96 valence electrons. The van der Waals surface area contributed by atoms with Gasteiger partial charge in [0.2, 0.25) is 0 Å². The standard InChI is InChI=1S/C17H18N2/c1-2-6-12(7-3-1)16-14-10-11-18-17(14)13-8-4-5-9-15(13)19-16/h1-9,14,16-19H,10-11H2/t14-,16+,17-/m1/s1. The van der Waals surface area contributed by atoms with E-state index in [2.05, 4.69) is 65.2 Å². The molecule has 0 spiro atoms. The van der Waals surface area contributed by atoms with Crippen LogP contribution in [0, 0.1) is 5.92 Å². The quantitative estimate of drug-likeness (QED) is 0.809. The molecule has 4 rings (SSSR count). The predicted octanol–water partition coefficient (Wildman–Crippen LogP) is 3.50. The molecule has 2 heteroatoms. The minimum atomic E-state index is 0.427. The van der Waals surface area contributed by atoms with Crippen molar-refractivity contribution in [3.63, 3.8) is 0 Å². The van der Waals surface area contributed by atoms with E-state index in [4.69, 9.17) is 0 Å². The van der Waals surface area contributed by atoms with Crippen molar-refractivity contribution < 1.29 is 0 Å². The highest BCUT2D eigenvalue weighted by atomic mass is 15.0. The van der Waals surface area contributed by atoms with Crippen LogP contribution in [0.3, 0.4) is 0 Å². The molecule has 2 aromatic rings. The van der Waals surface area contributed by atoms with Crippen LogP contribution in [-0.2, 0) is 0 Å². The van der Waals surface area contributed by atoms with Crippen LogP contribution in [0.4, 0.5) is 5.69 Å². The molecule has 2 aromatic carbocycles. The molecule has 0 amide bonds. The second-order valence-electron chi connectivity index (χ2n) is 5.50. The predicted molar refractivity (Wildman–Crippen MR) is 78.1 cm³/mol. The van der Waals surface area contributed by atoms with Gasteiger partial charge in [0.15, 0.2) is 0 Å². The summed E-state index contributed by atoms with van der Waals surface area (Å²) in [5.74, 6) is 0.650. The molecule has 1 fully saturated rings. The third-order valence-electron chi connectivity index (χ3n) is 4.46. The zero-order chi connectivity index (χ0) is 12.7. The molecule has 19 heavy (non-hydrogen) atoms. The van der Waals surface area contributed by atoms with Gasteiger partial charge in [-0.1, -0.05) is 48.5 Å². The molecule has 1 saturated heterocycles. The Bertz CT molecular complexity index is 579. The summed E-state index contributed by atoms with van der Waals surface area (Å²) < 4.78 is 0. The topological polar surface area (TPSA) is 24.1 Å². The molecular weight excluding hydrogens is 232 g/mol. The van der Waals surface area contributed by atoms with Crippen LogP contribution in [0.15, 0.2) is 54.6 Å². The molecule has 0 saturated carbocycles. The average Bonchev–Trinajstić information content (AvgIpc) is 2.97. The molecule has 2 N–H and O–H groups in total. The molecule has 0 aliphatic carbocycles. The van der Waals surface area contributed by atoms with E-state index in [-0.39, 0.29) is 0 Å². The van der Waals surface area contributed by atoms with Gasteiger partial charge in [-0.05, 0) is 30.2 Å². The van der Waals surface area contributed by atoms with Gasteiger partial charge in [-0.25, -0.2) is 0 Å². The maximum atomic E-state index is 3.74. The van der Waals surface area contributed by atoms with Crippen LogP contribution >= 0.6 is 0 Å². The lowest BCUT2D eigenvalue weighted by molar-refractivity contribution is 0.391.